The Bertz CT molecular complexity index is 581. The van der Waals surface area contributed by atoms with E-state index in [0.717, 1.165) is 6.07 Å². The number of alkyl halides is 1. The predicted molar refractivity (Wildman–Crippen MR) is 59.9 cm³/mol. The Morgan fingerprint density at radius 3 is 2.89 bits per heavy atom. The average molecular weight is 268 g/mol. The van der Waals surface area contributed by atoms with Crippen LogP contribution in [0.25, 0.3) is 0 Å². The van der Waals surface area contributed by atoms with Gasteiger partial charge in [-0.1, -0.05) is 11.3 Å². The molecule has 0 saturated heterocycles. The number of nitrogens with zero attached hydrogens (tertiary/aromatic N) is 2. The summed E-state index contributed by atoms with van der Waals surface area (Å²) in [7, 11) is 0. The number of aromatic nitrogens is 1. The van der Waals surface area contributed by atoms with Crippen LogP contribution in [-0.2, 0) is 0 Å². The molecule has 0 N–H and O–H groups in total. The van der Waals surface area contributed by atoms with Crippen molar-refractivity contribution in [2.45, 2.75) is 0 Å². The molecule has 1 heterocycles. The van der Waals surface area contributed by atoms with E-state index in [2.05, 4.69) is 9.72 Å². The molecule has 0 saturated carbocycles. The third kappa shape index (κ3) is 2.55. The van der Waals surface area contributed by atoms with E-state index in [1.165, 1.54) is 23.6 Å². The molecule has 0 unspecified atom stereocenters. The zero-order valence-electron chi connectivity index (χ0n) is 8.89. The van der Waals surface area contributed by atoms with Gasteiger partial charge >= 0.3 is 0 Å². The molecule has 0 spiro atoms. The lowest BCUT2D eigenvalue weighted by Crippen LogP contribution is -1.97. The maximum Gasteiger partial charge on any atom is 0.278 e. The van der Waals surface area contributed by atoms with Crippen LogP contribution in [0.2, 0.25) is 0 Å². The van der Waals surface area contributed by atoms with Gasteiger partial charge in [0.1, 0.15) is 28.9 Å². The summed E-state index contributed by atoms with van der Waals surface area (Å²) in [5.41, 5.74) is -0.362. The summed E-state index contributed by atoms with van der Waals surface area (Å²) in [6.07, 6.45) is 1.53. The van der Waals surface area contributed by atoms with Crippen LogP contribution in [0.5, 0.6) is 16.7 Å². The fraction of sp³-hybridized carbons (Fsp3) is 0.0909. The molecule has 0 radical (unpaired) electrons. The van der Waals surface area contributed by atoms with Crippen molar-refractivity contribution in [1.82, 2.24) is 4.98 Å². The summed E-state index contributed by atoms with van der Waals surface area (Å²) in [5, 5.41) is 10.7. The zero-order chi connectivity index (χ0) is 13.0. The quantitative estimate of drug-likeness (QED) is 0.854. The number of thiazole rings is 1. The number of hydrogen-bond acceptors (Lipinski definition) is 5. The minimum atomic E-state index is -1.16. The van der Waals surface area contributed by atoms with E-state index in [4.69, 9.17) is 10.00 Å². The Morgan fingerprint density at radius 2 is 2.28 bits per heavy atom. The van der Waals surface area contributed by atoms with E-state index in [1.54, 1.807) is 11.4 Å². The van der Waals surface area contributed by atoms with Crippen LogP contribution in [0.1, 0.15) is 5.56 Å². The minimum absolute atomic E-state index is 0.0879. The summed E-state index contributed by atoms with van der Waals surface area (Å²) >= 11 is 1.22. The molecule has 18 heavy (non-hydrogen) atoms. The topological polar surface area (TPSA) is 55.1 Å². The van der Waals surface area contributed by atoms with Gasteiger partial charge in [-0.15, -0.1) is 0 Å². The van der Waals surface area contributed by atoms with Gasteiger partial charge in [0.25, 0.3) is 5.19 Å². The number of rotatable bonds is 4. The first-order chi connectivity index (χ1) is 8.74. The van der Waals surface area contributed by atoms with E-state index in [-0.39, 0.29) is 17.1 Å². The van der Waals surface area contributed by atoms with Crippen molar-refractivity contribution in [3.8, 4) is 22.8 Å². The maximum atomic E-state index is 13.5. The van der Waals surface area contributed by atoms with Crippen LogP contribution in [0.15, 0.2) is 23.7 Å². The zero-order valence-corrected chi connectivity index (χ0v) is 9.71. The molecule has 0 aliphatic carbocycles. The highest BCUT2D eigenvalue weighted by Gasteiger charge is 2.14. The van der Waals surface area contributed by atoms with Crippen LogP contribution in [-0.4, -0.2) is 11.8 Å². The number of benzene rings is 1. The smallest absolute Gasteiger partial charge is 0.278 e. The number of nitriles is 1. The normalized spacial score (nSPS) is 9.83. The van der Waals surface area contributed by atoms with Gasteiger partial charge in [0.2, 0.25) is 6.86 Å². The van der Waals surface area contributed by atoms with E-state index in [1.807, 2.05) is 0 Å². The van der Waals surface area contributed by atoms with Crippen molar-refractivity contribution >= 4 is 11.3 Å². The van der Waals surface area contributed by atoms with Crippen molar-refractivity contribution in [3.63, 3.8) is 0 Å². The first-order valence-electron chi connectivity index (χ1n) is 4.74. The summed E-state index contributed by atoms with van der Waals surface area (Å²) < 4.78 is 35.5. The lowest BCUT2D eigenvalue weighted by atomic mass is 10.2. The molecule has 7 heteroatoms. The van der Waals surface area contributed by atoms with Gasteiger partial charge in [-0.05, 0) is 0 Å². The minimum Gasteiger partial charge on any atom is -0.461 e. The highest BCUT2D eigenvalue weighted by atomic mass is 32.1. The van der Waals surface area contributed by atoms with Crippen molar-refractivity contribution < 1.29 is 18.3 Å². The van der Waals surface area contributed by atoms with Gasteiger partial charge in [-0.25, -0.2) is 13.8 Å². The third-order valence-corrected chi connectivity index (χ3v) is 2.61. The van der Waals surface area contributed by atoms with Crippen molar-refractivity contribution in [1.29, 1.82) is 5.26 Å². The van der Waals surface area contributed by atoms with Gasteiger partial charge in [0, 0.05) is 23.7 Å². The van der Waals surface area contributed by atoms with Crippen molar-refractivity contribution in [2.24, 2.45) is 0 Å². The molecule has 1 aromatic carbocycles. The van der Waals surface area contributed by atoms with E-state index in [0.29, 0.717) is 5.19 Å². The SMILES string of the molecule is N#Cc1c(F)cc(Oc2nccs2)cc1OCF. The Balaban J connectivity index is 2.35. The second-order valence-corrected chi connectivity index (χ2v) is 3.90. The molecule has 4 nitrogen and oxygen atoms in total. The largest absolute Gasteiger partial charge is 0.461 e. The summed E-state index contributed by atoms with van der Waals surface area (Å²) in [5.74, 6) is -0.952. The Labute approximate surface area is 105 Å². The van der Waals surface area contributed by atoms with Gasteiger partial charge in [-0.3, -0.25) is 0 Å². The van der Waals surface area contributed by atoms with Gasteiger partial charge < -0.3 is 9.47 Å². The molecule has 2 aromatic rings. The van der Waals surface area contributed by atoms with E-state index in [9.17, 15) is 8.78 Å². The van der Waals surface area contributed by atoms with Crippen LogP contribution >= 0.6 is 11.3 Å². The number of hydrogen-bond donors (Lipinski definition) is 0. The average Bonchev–Trinajstić information content (AvgIpc) is 2.82. The van der Waals surface area contributed by atoms with E-state index < -0.39 is 12.7 Å². The summed E-state index contributed by atoms with van der Waals surface area (Å²) in [4.78, 5) is 3.85. The fourth-order valence-corrected chi connectivity index (χ4v) is 1.76. The first-order valence-corrected chi connectivity index (χ1v) is 5.62. The first kappa shape index (κ1) is 12.3. The molecule has 0 amide bonds. The Morgan fingerprint density at radius 1 is 1.44 bits per heavy atom. The summed E-state index contributed by atoms with van der Waals surface area (Å²) in [6.45, 7) is -1.16. The molecule has 0 aliphatic heterocycles. The Hall–Kier alpha value is -2.20. The molecular formula is C11H6F2N2O2S. The van der Waals surface area contributed by atoms with Crippen LogP contribution in [0.3, 0.4) is 0 Å². The van der Waals surface area contributed by atoms with Gasteiger partial charge in [0.15, 0.2) is 0 Å². The number of halogens is 2. The van der Waals surface area contributed by atoms with Crippen molar-refractivity contribution in [2.75, 3.05) is 6.86 Å². The lowest BCUT2D eigenvalue weighted by Gasteiger charge is -2.07. The predicted octanol–water partition coefficient (Wildman–Crippen LogP) is 3.25. The molecule has 1 aromatic heterocycles. The molecular weight excluding hydrogens is 262 g/mol. The standard InChI is InChI=1S/C11H6F2N2O2S/c12-6-16-10-4-7(3-9(13)8(10)5-14)17-11-15-1-2-18-11/h1-4H,6H2. The molecule has 0 fully saturated rings. The van der Waals surface area contributed by atoms with Crippen LogP contribution < -0.4 is 9.47 Å². The number of ether oxygens (including phenoxy) is 2. The maximum absolute atomic E-state index is 13.5. The third-order valence-electron chi connectivity index (χ3n) is 1.96. The van der Waals surface area contributed by atoms with Gasteiger partial charge in [-0.2, -0.15) is 5.26 Å². The highest BCUT2D eigenvalue weighted by molar-refractivity contribution is 7.11. The molecule has 92 valence electrons. The molecule has 0 atom stereocenters. The molecule has 0 bridgehead atoms. The van der Waals surface area contributed by atoms with Crippen LogP contribution in [0.4, 0.5) is 8.78 Å². The molecule has 0 aliphatic rings. The van der Waals surface area contributed by atoms with Gasteiger partial charge in [0.05, 0.1) is 0 Å². The molecule has 2 rings (SSSR count). The lowest BCUT2D eigenvalue weighted by molar-refractivity contribution is 0.190. The second kappa shape index (κ2) is 5.42. The van der Waals surface area contributed by atoms with Crippen molar-refractivity contribution in [3.05, 3.63) is 35.1 Å². The van der Waals surface area contributed by atoms with Crippen LogP contribution in [0, 0.1) is 17.1 Å². The highest BCUT2D eigenvalue weighted by Crippen LogP contribution is 2.31. The summed E-state index contributed by atoms with van der Waals surface area (Å²) in [6, 6.07) is 3.86. The Kier molecular flexibility index (Phi) is 3.69. The fourth-order valence-electron chi connectivity index (χ4n) is 1.26. The van der Waals surface area contributed by atoms with E-state index >= 15 is 0 Å². The monoisotopic (exact) mass is 268 g/mol. The second-order valence-electron chi connectivity index (χ2n) is 3.04.